The third kappa shape index (κ3) is 4.21. The minimum Gasteiger partial charge on any atom is -0.477 e. The largest absolute Gasteiger partial charge is 0.477 e. The van der Waals surface area contributed by atoms with Crippen molar-refractivity contribution in [1.82, 2.24) is 5.32 Å². The summed E-state index contributed by atoms with van der Waals surface area (Å²) in [5, 5.41) is 23.1. The molecular formula is C18H21NO4S. The van der Waals surface area contributed by atoms with Gasteiger partial charge in [0.05, 0.1) is 19.1 Å². The van der Waals surface area contributed by atoms with E-state index in [-0.39, 0.29) is 23.8 Å². The van der Waals surface area contributed by atoms with Crippen molar-refractivity contribution in [2.24, 2.45) is 0 Å². The summed E-state index contributed by atoms with van der Waals surface area (Å²) in [6.07, 6.45) is 0.0875. The van der Waals surface area contributed by atoms with Crippen LogP contribution in [0.2, 0.25) is 0 Å². The fraction of sp³-hybridized carbons (Fsp3) is 0.333. The van der Waals surface area contributed by atoms with Crippen LogP contribution in [0, 0.1) is 20.8 Å². The lowest BCUT2D eigenvalue weighted by atomic mass is 9.94. The molecule has 0 saturated carbocycles. The number of aliphatic hydroxyl groups is 1. The van der Waals surface area contributed by atoms with Gasteiger partial charge in [-0.2, -0.15) is 0 Å². The van der Waals surface area contributed by atoms with Gasteiger partial charge in [0.1, 0.15) is 4.88 Å². The molecule has 0 saturated heterocycles. The Bertz CT molecular complexity index is 743. The molecule has 1 aromatic carbocycles. The first-order chi connectivity index (χ1) is 11.3. The molecule has 1 aromatic heterocycles. The predicted molar refractivity (Wildman–Crippen MR) is 93.6 cm³/mol. The molecule has 0 spiro atoms. The normalized spacial score (nSPS) is 12.0. The third-order valence-corrected chi connectivity index (χ3v) is 4.80. The molecule has 6 heteroatoms. The van der Waals surface area contributed by atoms with Crippen molar-refractivity contribution in [3.63, 3.8) is 0 Å². The van der Waals surface area contributed by atoms with E-state index in [4.69, 9.17) is 5.11 Å². The van der Waals surface area contributed by atoms with Gasteiger partial charge < -0.3 is 15.5 Å². The highest BCUT2D eigenvalue weighted by molar-refractivity contribution is 7.12. The van der Waals surface area contributed by atoms with Crippen LogP contribution in [0.25, 0.3) is 0 Å². The number of hydrogen-bond donors (Lipinski definition) is 3. The maximum absolute atomic E-state index is 12.3. The maximum Gasteiger partial charge on any atom is 0.345 e. The van der Waals surface area contributed by atoms with Gasteiger partial charge in [0, 0.05) is 0 Å². The van der Waals surface area contributed by atoms with Crippen molar-refractivity contribution in [1.29, 1.82) is 0 Å². The van der Waals surface area contributed by atoms with Gasteiger partial charge in [0.15, 0.2) is 0 Å². The number of aryl methyl sites for hydroxylation is 3. The molecule has 2 aromatic rings. The number of nitrogens with one attached hydrogen (secondary N) is 1. The average Bonchev–Trinajstić information content (AvgIpc) is 2.93. The van der Waals surface area contributed by atoms with E-state index in [9.17, 15) is 14.7 Å². The first-order valence-corrected chi connectivity index (χ1v) is 8.48. The number of aromatic carboxylic acids is 1. The fourth-order valence-electron chi connectivity index (χ4n) is 2.96. The lowest BCUT2D eigenvalue weighted by Crippen LogP contribution is -2.32. The molecule has 1 atom stereocenters. The Labute approximate surface area is 145 Å². The van der Waals surface area contributed by atoms with E-state index in [1.54, 1.807) is 5.38 Å². The average molecular weight is 347 g/mol. The number of rotatable bonds is 6. The SMILES string of the molecule is Cc1cc(C)c(C(CO)NC(=O)Cc2csc(C(=O)O)c2)c(C)c1. The first-order valence-electron chi connectivity index (χ1n) is 7.60. The van der Waals surface area contributed by atoms with Crippen molar-refractivity contribution in [3.05, 3.63) is 56.3 Å². The Morgan fingerprint density at radius 2 is 1.79 bits per heavy atom. The van der Waals surface area contributed by atoms with Gasteiger partial charge in [-0.3, -0.25) is 4.79 Å². The maximum atomic E-state index is 12.3. The number of benzene rings is 1. The van der Waals surface area contributed by atoms with Crippen molar-refractivity contribution < 1.29 is 19.8 Å². The van der Waals surface area contributed by atoms with Crippen LogP contribution in [0.1, 0.15) is 43.5 Å². The molecule has 5 nitrogen and oxygen atoms in total. The van der Waals surface area contributed by atoms with Gasteiger partial charge in [0.2, 0.25) is 5.91 Å². The lowest BCUT2D eigenvalue weighted by Gasteiger charge is -2.21. The molecule has 1 amide bonds. The third-order valence-electron chi connectivity index (χ3n) is 3.83. The molecule has 1 unspecified atom stereocenters. The summed E-state index contributed by atoms with van der Waals surface area (Å²) >= 11 is 1.10. The summed E-state index contributed by atoms with van der Waals surface area (Å²) in [5.41, 5.74) is 4.76. The van der Waals surface area contributed by atoms with Crippen LogP contribution in [0.15, 0.2) is 23.6 Å². The van der Waals surface area contributed by atoms with Crippen molar-refractivity contribution >= 4 is 23.2 Å². The fourth-order valence-corrected chi connectivity index (χ4v) is 3.71. The molecular weight excluding hydrogens is 326 g/mol. The van der Waals surface area contributed by atoms with Crippen LogP contribution in [-0.2, 0) is 11.2 Å². The Kier molecular flexibility index (Phi) is 5.75. The van der Waals surface area contributed by atoms with E-state index in [1.807, 2.05) is 32.9 Å². The van der Waals surface area contributed by atoms with E-state index < -0.39 is 12.0 Å². The molecule has 128 valence electrons. The smallest absolute Gasteiger partial charge is 0.345 e. The number of thiophene rings is 1. The Morgan fingerprint density at radius 3 is 2.29 bits per heavy atom. The molecule has 2 rings (SSSR count). The Balaban J connectivity index is 2.12. The lowest BCUT2D eigenvalue weighted by molar-refractivity contribution is -0.121. The number of amides is 1. The molecule has 24 heavy (non-hydrogen) atoms. The second-order valence-corrected chi connectivity index (χ2v) is 6.83. The predicted octanol–water partition coefficient (Wildman–Crippen LogP) is 2.76. The second-order valence-electron chi connectivity index (χ2n) is 5.92. The standard InChI is InChI=1S/C18H21NO4S/c1-10-4-11(2)17(12(3)5-10)14(8-20)19-16(21)7-13-6-15(18(22)23)24-9-13/h4-6,9,14,20H,7-8H2,1-3H3,(H,19,21)(H,22,23). The number of carbonyl (C=O) groups excluding carboxylic acids is 1. The minimum absolute atomic E-state index is 0.0875. The molecule has 0 aliphatic carbocycles. The summed E-state index contributed by atoms with van der Waals surface area (Å²) in [6, 6.07) is 5.07. The van der Waals surface area contributed by atoms with Gasteiger partial charge in [-0.05, 0) is 54.5 Å². The van der Waals surface area contributed by atoms with Crippen LogP contribution < -0.4 is 5.32 Å². The second kappa shape index (κ2) is 7.59. The highest BCUT2D eigenvalue weighted by atomic mass is 32.1. The van der Waals surface area contributed by atoms with Crippen molar-refractivity contribution in [3.8, 4) is 0 Å². The molecule has 0 bridgehead atoms. The van der Waals surface area contributed by atoms with E-state index >= 15 is 0 Å². The van der Waals surface area contributed by atoms with Gasteiger partial charge in [-0.1, -0.05) is 17.7 Å². The molecule has 1 heterocycles. The molecule has 3 N–H and O–H groups in total. The number of carboxylic acid groups (broad SMARTS) is 1. The summed E-state index contributed by atoms with van der Waals surface area (Å²) in [4.78, 5) is 23.4. The van der Waals surface area contributed by atoms with Crippen LogP contribution >= 0.6 is 11.3 Å². The van der Waals surface area contributed by atoms with E-state index in [0.29, 0.717) is 5.56 Å². The number of hydrogen-bond acceptors (Lipinski definition) is 4. The van der Waals surface area contributed by atoms with Gasteiger partial charge in [-0.15, -0.1) is 11.3 Å². The summed E-state index contributed by atoms with van der Waals surface area (Å²) in [5.74, 6) is -1.24. The van der Waals surface area contributed by atoms with Crippen molar-refractivity contribution in [2.75, 3.05) is 6.61 Å². The zero-order valence-electron chi connectivity index (χ0n) is 13.9. The van der Waals surface area contributed by atoms with E-state index in [0.717, 1.165) is 33.6 Å². The first kappa shape index (κ1) is 18.2. The van der Waals surface area contributed by atoms with E-state index in [1.165, 1.54) is 6.07 Å². The summed E-state index contributed by atoms with van der Waals surface area (Å²) in [6.45, 7) is 5.73. The Morgan fingerprint density at radius 1 is 1.17 bits per heavy atom. The highest BCUT2D eigenvalue weighted by Gasteiger charge is 2.19. The zero-order valence-corrected chi connectivity index (χ0v) is 14.7. The van der Waals surface area contributed by atoms with Gasteiger partial charge in [0.25, 0.3) is 0 Å². The Hall–Kier alpha value is -2.18. The molecule has 0 aliphatic heterocycles. The minimum atomic E-state index is -0.995. The van der Waals surface area contributed by atoms with E-state index in [2.05, 4.69) is 5.32 Å². The highest BCUT2D eigenvalue weighted by Crippen LogP contribution is 2.24. The summed E-state index contributed by atoms with van der Waals surface area (Å²) in [7, 11) is 0. The molecule has 0 radical (unpaired) electrons. The monoisotopic (exact) mass is 347 g/mol. The van der Waals surface area contributed by atoms with Crippen LogP contribution in [0.3, 0.4) is 0 Å². The summed E-state index contributed by atoms with van der Waals surface area (Å²) < 4.78 is 0. The molecule has 0 fully saturated rings. The van der Waals surface area contributed by atoms with Crippen LogP contribution in [0.4, 0.5) is 0 Å². The van der Waals surface area contributed by atoms with Crippen molar-refractivity contribution in [2.45, 2.75) is 33.2 Å². The topological polar surface area (TPSA) is 86.6 Å². The van der Waals surface area contributed by atoms with Gasteiger partial charge in [-0.25, -0.2) is 4.79 Å². The van der Waals surface area contributed by atoms with Crippen LogP contribution in [-0.4, -0.2) is 28.7 Å². The number of carbonyl (C=O) groups is 2. The zero-order chi connectivity index (χ0) is 17.9. The number of carboxylic acids is 1. The van der Waals surface area contributed by atoms with Crippen LogP contribution in [0.5, 0.6) is 0 Å². The quantitative estimate of drug-likeness (QED) is 0.750. The number of aliphatic hydroxyl groups excluding tert-OH is 1. The molecule has 0 aliphatic rings. The van der Waals surface area contributed by atoms with Gasteiger partial charge >= 0.3 is 5.97 Å².